The van der Waals surface area contributed by atoms with Crippen LogP contribution in [0.3, 0.4) is 0 Å². The largest absolute Gasteiger partial charge is 0.394 e. The number of hydrogen-bond donors (Lipinski definition) is 22. The van der Waals surface area contributed by atoms with Crippen LogP contribution in [0.2, 0.25) is 0 Å². The SMILES string of the molecule is C.CCCC[C@H](NC(=O)[C@H](Cc1ccccn1)NC(=O)[C@H](Cc1c[nH]cn1)NC(=O)[C@H](CCC(N)=O)NC(=O)[C@H](CO)NC(=O)CNC(=O)COCCOCCNC(=O)CCCCCCCCCCCCCCCc1nnn[nH]1)C(=O)N[C@H]1CCC(=O)NCCCC[C@@H](C(C)=O)NC(=O)[C@H](Cc2c[nH]c3ccccc23)NC(=O)[C@H](CCCNC(=N)N)NC(=O)[C@@H](Cc2ccccc2)NC(=O)[C@@H]2C[C@@H](O)CN2C1=O. The number of Topliss-reactive ketones (excluding diaryl/α,β-unsaturated/α-hetero) is 1. The minimum Gasteiger partial charge on any atom is -0.394 e. The molecule has 6 heterocycles. The molecule has 784 valence electrons. The van der Waals surface area contributed by atoms with E-state index in [4.69, 9.17) is 26.4 Å². The molecule has 2 aliphatic heterocycles. The van der Waals surface area contributed by atoms with Crippen LogP contribution >= 0.6 is 0 Å². The number of imidazole rings is 1. The molecule has 2 saturated heterocycles. The number of ketones is 1. The number of aliphatic hydroxyl groups is 2. The number of guanidine groups is 1. The van der Waals surface area contributed by atoms with E-state index in [0.717, 1.165) is 60.2 Å². The first-order valence-electron chi connectivity index (χ1n) is 49.2. The van der Waals surface area contributed by atoms with Crippen molar-refractivity contribution < 1.29 is 96.4 Å². The zero-order valence-electron chi connectivity index (χ0n) is 80.9. The number of ether oxygens (including phenoxy) is 2. The Morgan fingerprint density at radius 2 is 1.21 bits per heavy atom. The molecule has 0 unspecified atom stereocenters. The molecule has 0 bridgehead atoms. The van der Waals surface area contributed by atoms with Gasteiger partial charge in [-0.25, -0.2) is 10.1 Å². The summed E-state index contributed by atoms with van der Waals surface area (Å²) in [5, 5.41) is 81.4. The molecule has 2 aromatic carbocycles. The first-order valence-corrected chi connectivity index (χ1v) is 49.2. The summed E-state index contributed by atoms with van der Waals surface area (Å²) in [7, 11) is 0. The average molecular weight is 2000 g/mol. The Balaban J connectivity index is 0.0000278. The van der Waals surface area contributed by atoms with Crippen molar-refractivity contribution in [2.45, 2.75) is 299 Å². The molecule has 2 fully saturated rings. The molecule has 2 aliphatic rings. The smallest absolute Gasteiger partial charge is 0.246 e. The van der Waals surface area contributed by atoms with Crippen LogP contribution in [0.5, 0.6) is 0 Å². The lowest BCUT2D eigenvalue weighted by Gasteiger charge is -2.31. The summed E-state index contributed by atoms with van der Waals surface area (Å²) in [4.78, 5) is 243. The number of H-pyrrole nitrogens is 3. The number of carbonyl (C=O) groups excluding carboxylic acids is 16. The summed E-state index contributed by atoms with van der Waals surface area (Å²) in [5.74, 6) is -13.0. The van der Waals surface area contributed by atoms with Gasteiger partial charge in [-0.15, -0.1) is 5.10 Å². The van der Waals surface area contributed by atoms with E-state index < -0.39 is 226 Å². The van der Waals surface area contributed by atoms with Crippen LogP contribution in [0.1, 0.15) is 223 Å². The fraction of sp³-hybridized carbons (Fsp3) is 0.588. The lowest BCUT2D eigenvalue weighted by molar-refractivity contribution is -0.143. The van der Waals surface area contributed by atoms with Gasteiger partial charge in [0.15, 0.2) is 11.7 Å². The number of hydrogen-bond acceptors (Lipinski definition) is 26. The minimum atomic E-state index is -1.77. The third-order valence-corrected chi connectivity index (χ3v) is 24.3. The predicted molar refractivity (Wildman–Crippen MR) is 526 cm³/mol. The lowest BCUT2D eigenvalue weighted by Crippen LogP contribution is -2.61. The first kappa shape index (κ1) is 116. The van der Waals surface area contributed by atoms with Crippen molar-refractivity contribution in [2.75, 3.05) is 65.8 Å². The van der Waals surface area contributed by atoms with E-state index in [0.29, 0.717) is 24.0 Å². The Labute approximate surface area is 831 Å². The zero-order valence-corrected chi connectivity index (χ0v) is 80.9. The van der Waals surface area contributed by atoms with E-state index in [1.165, 1.54) is 77.0 Å². The zero-order chi connectivity index (χ0) is 102. The molecule has 0 saturated carbocycles. The van der Waals surface area contributed by atoms with Gasteiger partial charge >= 0.3 is 0 Å². The van der Waals surface area contributed by atoms with Crippen molar-refractivity contribution in [3.63, 3.8) is 0 Å². The summed E-state index contributed by atoms with van der Waals surface area (Å²) < 4.78 is 10.9. The van der Waals surface area contributed by atoms with Gasteiger partial charge in [0.05, 0.1) is 57.1 Å². The second-order valence-electron chi connectivity index (χ2n) is 35.7. The van der Waals surface area contributed by atoms with Gasteiger partial charge in [0.1, 0.15) is 72.8 Å². The number of aliphatic hydroxyl groups excluding tert-OH is 2. The Kier molecular flexibility index (Phi) is 52.5. The Bertz CT molecular complexity index is 5000. The number of nitrogens with two attached hydrogens (primary N) is 2. The van der Waals surface area contributed by atoms with Gasteiger partial charge < -0.3 is 120 Å². The summed E-state index contributed by atoms with van der Waals surface area (Å²) in [6.07, 6.45) is 18.4. The number of aromatic amines is 3. The van der Waals surface area contributed by atoms with Gasteiger partial charge in [0.25, 0.3) is 0 Å². The molecule has 15 amide bonds. The monoisotopic (exact) mass is 2000 g/mol. The summed E-state index contributed by atoms with van der Waals surface area (Å²) in [5.41, 5.74) is 13.5. The van der Waals surface area contributed by atoms with Crippen molar-refractivity contribution in [1.29, 1.82) is 5.41 Å². The standard InChI is InChI=1S/C96H142N26O20.CH4/c1-3-4-32-70(86(131)113-73-39-41-83(128)102-43-26-24-33-68(61(2)124)109-90(135)75(50-63-54-105-69-34-22-21-31-67(63)69)114-87(132)71(35-27-44-104-96(98)99)111-89(134)74(49-62-28-17-16-18-29-62)117-94(139)79-53-66(125)57-122(79)95(73)140)110-91(136)76(51-64-30-23-25-42-101-64)116-92(137)77(52-65-55-100-60-107-65)115-88(133)72(38-40-80(97)126)112-93(138)78(58-123)108-84(129)56-106-85(130)59-142-48-47-141-46-45-103-82(127)37-20-15-13-11-9-7-5-6-8-10-12-14-19-36-81-118-120-121-119-81;/h16-18,21-23,25,28-31,34,42,54-55,60,66,68,70-79,105,123,125H,3-15,19-20,24,26-27,32-33,35-41,43-53,56-59H2,1-2H3,(H2,97,126)(H,100,107)(H,102,128)(H,103,127)(H,106,130)(H,108,129)(H,109,135)(H,110,136)(H,111,134)(H,112,138)(H,113,131)(H,114,132)(H,115,133)(H,116,137)(H,117,139)(H4,98,99,104)(H,118,119,120,121);1H4/t66-,68+,70+,71+,72+,73+,74-,75+,76+,77+,78+,79+;/m1./s1. The topological polar surface area (TPSA) is 691 Å². The van der Waals surface area contributed by atoms with E-state index in [1.807, 2.05) is 18.2 Å². The van der Waals surface area contributed by atoms with Gasteiger partial charge in [0, 0.05) is 119 Å². The van der Waals surface area contributed by atoms with Gasteiger partial charge in [0.2, 0.25) is 88.6 Å². The second-order valence-corrected chi connectivity index (χ2v) is 35.7. The summed E-state index contributed by atoms with van der Waals surface area (Å²) >= 11 is 0. The maximum absolute atomic E-state index is 15.5. The third kappa shape index (κ3) is 43.3. The highest BCUT2D eigenvalue weighted by atomic mass is 16.5. The highest BCUT2D eigenvalue weighted by molar-refractivity contribution is 6.01. The average Bonchev–Trinajstić information content (AvgIpc) is 1.62. The lowest BCUT2D eigenvalue weighted by atomic mass is 10.0. The molecule has 46 nitrogen and oxygen atoms in total. The van der Waals surface area contributed by atoms with Crippen LogP contribution in [0.4, 0.5) is 0 Å². The van der Waals surface area contributed by atoms with E-state index >= 15 is 28.8 Å². The number of nitrogens with one attached hydrogen (secondary N) is 18. The molecule has 0 spiro atoms. The van der Waals surface area contributed by atoms with Crippen LogP contribution in [0.15, 0.2) is 97.7 Å². The quantitative estimate of drug-likeness (QED) is 0.0134. The number of unbranched alkanes of at least 4 members (excludes halogenated alkanes) is 13. The second kappa shape index (κ2) is 64.6. The van der Waals surface area contributed by atoms with Crippen LogP contribution in [-0.2, 0) is 118 Å². The maximum Gasteiger partial charge on any atom is 0.246 e. The number of para-hydroxylation sites is 1. The number of amides is 15. The van der Waals surface area contributed by atoms with Gasteiger partial charge in [-0.1, -0.05) is 152 Å². The minimum absolute atomic E-state index is 0. The van der Waals surface area contributed by atoms with Gasteiger partial charge in [-0.3, -0.25) is 87.1 Å². The van der Waals surface area contributed by atoms with Crippen molar-refractivity contribution in [3.8, 4) is 0 Å². The number of pyridine rings is 1. The number of nitrogens with zero attached hydrogens (tertiary/aromatic N) is 6. The molecular weight excluding hydrogens is 1850 g/mol. The molecule has 0 aliphatic carbocycles. The number of rotatable bonds is 57. The summed E-state index contributed by atoms with van der Waals surface area (Å²) in [6.45, 7) is 0.989. The molecule has 8 rings (SSSR count). The van der Waals surface area contributed by atoms with Gasteiger partial charge in [-0.05, 0) is 111 Å². The normalized spacial score (nSPS) is 18.3. The van der Waals surface area contributed by atoms with Crippen LogP contribution in [0.25, 0.3) is 10.9 Å². The first-order chi connectivity index (χ1) is 68.5. The van der Waals surface area contributed by atoms with Crippen LogP contribution in [-0.4, -0.2) is 294 Å². The predicted octanol–water partition coefficient (Wildman–Crippen LogP) is -0.134. The van der Waals surface area contributed by atoms with Crippen molar-refractivity contribution >= 4 is 111 Å². The molecule has 12 atom stereocenters. The van der Waals surface area contributed by atoms with Crippen LogP contribution < -0.4 is 85.9 Å². The molecule has 6 aromatic rings. The summed E-state index contributed by atoms with van der Waals surface area (Å²) in [6, 6.07) is 3.44. The molecule has 4 aromatic heterocycles. The molecule has 0 radical (unpaired) electrons. The Hall–Kier alpha value is -13.8. The molecule has 143 heavy (non-hydrogen) atoms. The number of benzene rings is 2. The third-order valence-electron chi connectivity index (χ3n) is 24.3. The Morgan fingerprint density at radius 1 is 0.587 bits per heavy atom. The van der Waals surface area contributed by atoms with Crippen molar-refractivity contribution in [3.05, 3.63) is 126 Å². The number of primary amides is 1. The Morgan fingerprint density at radius 3 is 1.87 bits per heavy atom. The number of fused-ring (bicyclic) bond motifs is 2. The van der Waals surface area contributed by atoms with Gasteiger partial charge in [-0.2, -0.15) is 0 Å². The molecule has 24 N–H and O–H groups in total. The van der Waals surface area contributed by atoms with Crippen molar-refractivity contribution in [1.82, 2.24) is 120 Å². The molecular formula is C97H146N26O20. The fourth-order valence-corrected chi connectivity index (χ4v) is 16.4. The number of aryl methyl sites for hydroxylation is 1. The number of aromatic nitrogens is 8. The highest BCUT2D eigenvalue weighted by Gasteiger charge is 2.44. The fourth-order valence-electron chi connectivity index (χ4n) is 16.4. The van der Waals surface area contributed by atoms with Crippen molar-refractivity contribution in [2.24, 2.45) is 11.5 Å². The van der Waals surface area contributed by atoms with E-state index in [2.05, 4.69) is 115 Å². The van der Waals surface area contributed by atoms with E-state index in [-0.39, 0.29) is 134 Å². The van der Waals surface area contributed by atoms with E-state index in [9.17, 15) is 58.2 Å². The molecule has 46 heteroatoms. The number of carbonyl (C=O) groups is 16. The number of tetrazole rings is 1. The maximum atomic E-state index is 15.5. The van der Waals surface area contributed by atoms with Crippen LogP contribution in [0, 0.1) is 5.41 Å². The van der Waals surface area contributed by atoms with E-state index in [1.54, 1.807) is 67.7 Å². The highest BCUT2D eigenvalue weighted by Crippen LogP contribution is 2.25.